The number of aromatic amines is 1. The maximum Gasteiger partial charge on any atom is 0.131 e. The number of nitrogens with one attached hydrogen (secondary N) is 1. The molecule has 0 spiro atoms. The lowest BCUT2D eigenvalue weighted by atomic mass is 10.0. The highest BCUT2D eigenvalue weighted by atomic mass is 19.1. The first-order valence-electron chi connectivity index (χ1n) is 5.45. The van der Waals surface area contributed by atoms with E-state index in [0.29, 0.717) is 5.39 Å². The average Bonchev–Trinajstić information content (AvgIpc) is 2.77. The van der Waals surface area contributed by atoms with Gasteiger partial charge in [-0.3, -0.25) is 0 Å². The standard InChI is InChI=1S/C14H11FN2/c1-9-16-8-14(17-9)12-6-7-13(15)11-5-3-2-4-10(11)12/h2-8H,1H3,(H,16,17). The van der Waals surface area contributed by atoms with Crippen LogP contribution in [-0.4, -0.2) is 9.97 Å². The first kappa shape index (κ1) is 10.0. The minimum Gasteiger partial charge on any atom is -0.348 e. The Hall–Kier alpha value is -2.16. The van der Waals surface area contributed by atoms with Crippen molar-refractivity contribution in [2.75, 3.05) is 0 Å². The number of halogens is 1. The number of hydrogen-bond acceptors (Lipinski definition) is 1. The molecule has 3 rings (SSSR count). The molecule has 2 aromatic carbocycles. The van der Waals surface area contributed by atoms with Crippen LogP contribution in [0.25, 0.3) is 22.0 Å². The van der Waals surface area contributed by atoms with Crippen LogP contribution in [0.3, 0.4) is 0 Å². The molecule has 0 aliphatic rings. The summed E-state index contributed by atoms with van der Waals surface area (Å²) in [5.41, 5.74) is 1.80. The van der Waals surface area contributed by atoms with Gasteiger partial charge in [0.1, 0.15) is 11.6 Å². The molecule has 0 radical (unpaired) electrons. The summed E-state index contributed by atoms with van der Waals surface area (Å²) in [4.78, 5) is 7.42. The second-order valence-electron chi connectivity index (χ2n) is 4.01. The molecule has 17 heavy (non-hydrogen) atoms. The van der Waals surface area contributed by atoms with Gasteiger partial charge in [-0.15, -0.1) is 0 Å². The summed E-state index contributed by atoms with van der Waals surface area (Å²) in [5.74, 6) is 0.657. The molecule has 0 unspecified atom stereocenters. The van der Waals surface area contributed by atoms with E-state index in [4.69, 9.17) is 0 Å². The maximum atomic E-state index is 13.7. The van der Waals surface area contributed by atoms with Crippen molar-refractivity contribution in [2.24, 2.45) is 0 Å². The van der Waals surface area contributed by atoms with Crippen molar-refractivity contribution >= 4 is 10.8 Å². The van der Waals surface area contributed by atoms with E-state index in [1.165, 1.54) is 6.07 Å². The Morgan fingerprint density at radius 2 is 1.82 bits per heavy atom. The van der Waals surface area contributed by atoms with Crippen LogP contribution in [0.1, 0.15) is 5.82 Å². The maximum absolute atomic E-state index is 13.7. The second-order valence-corrected chi connectivity index (χ2v) is 4.01. The van der Waals surface area contributed by atoms with E-state index >= 15 is 0 Å². The number of imidazole rings is 1. The zero-order valence-corrected chi connectivity index (χ0v) is 9.37. The van der Waals surface area contributed by atoms with Crippen molar-refractivity contribution in [1.82, 2.24) is 9.97 Å². The fourth-order valence-corrected chi connectivity index (χ4v) is 2.04. The van der Waals surface area contributed by atoms with Crippen LogP contribution in [-0.2, 0) is 0 Å². The molecule has 1 heterocycles. The molecule has 1 aromatic heterocycles. The Morgan fingerprint density at radius 3 is 2.53 bits per heavy atom. The third kappa shape index (κ3) is 1.60. The van der Waals surface area contributed by atoms with E-state index in [-0.39, 0.29) is 5.82 Å². The molecule has 3 aromatic rings. The molecule has 0 aliphatic carbocycles. The van der Waals surface area contributed by atoms with E-state index in [9.17, 15) is 4.39 Å². The highest BCUT2D eigenvalue weighted by Gasteiger charge is 2.08. The van der Waals surface area contributed by atoms with Gasteiger partial charge < -0.3 is 4.98 Å². The first-order valence-corrected chi connectivity index (χ1v) is 5.45. The van der Waals surface area contributed by atoms with Gasteiger partial charge in [-0.05, 0) is 24.4 Å². The number of benzene rings is 2. The molecular formula is C14H11FN2. The van der Waals surface area contributed by atoms with Gasteiger partial charge in [-0.2, -0.15) is 0 Å². The van der Waals surface area contributed by atoms with Crippen molar-refractivity contribution < 1.29 is 4.39 Å². The third-order valence-corrected chi connectivity index (χ3v) is 2.85. The van der Waals surface area contributed by atoms with Crippen LogP contribution < -0.4 is 0 Å². The average molecular weight is 226 g/mol. The van der Waals surface area contributed by atoms with Crippen LogP contribution in [0.4, 0.5) is 4.39 Å². The zero-order valence-electron chi connectivity index (χ0n) is 9.37. The Balaban J connectivity index is 2.34. The quantitative estimate of drug-likeness (QED) is 0.673. The topological polar surface area (TPSA) is 28.7 Å². The molecule has 0 fully saturated rings. The van der Waals surface area contributed by atoms with Gasteiger partial charge >= 0.3 is 0 Å². The van der Waals surface area contributed by atoms with Gasteiger partial charge in [0.2, 0.25) is 0 Å². The lowest BCUT2D eigenvalue weighted by molar-refractivity contribution is 0.640. The number of H-pyrrole nitrogens is 1. The van der Waals surface area contributed by atoms with Gasteiger partial charge in [0, 0.05) is 17.1 Å². The molecule has 2 nitrogen and oxygen atoms in total. The first-order chi connectivity index (χ1) is 8.25. The number of fused-ring (bicyclic) bond motifs is 1. The number of nitrogens with zero attached hydrogens (tertiary/aromatic N) is 1. The molecule has 0 bridgehead atoms. The van der Waals surface area contributed by atoms with Gasteiger partial charge in [0.05, 0.1) is 5.69 Å². The largest absolute Gasteiger partial charge is 0.348 e. The molecule has 0 saturated heterocycles. The number of aromatic nitrogens is 2. The minimum atomic E-state index is -0.198. The van der Waals surface area contributed by atoms with Crippen LogP contribution in [0.5, 0.6) is 0 Å². The Bertz CT molecular complexity index is 686. The lowest BCUT2D eigenvalue weighted by Gasteiger charge is -2.04. The van der Waals surface area contributed by atoms with Crippen LogP contribution in [0.2, 0.25) is 0 Å². The van der Waals surface area contributed by atoms with Crippen molar-refractivity contribution in [3.63, 3.8) is 0 Å². The Labute approximate surface area is 98.1 Å². The molecule has 0 saturated carbocycles. The fourth-order valence-electron chi connectivity index (χ4n) is 2.04. The van der Waals surface area contributed by atoms with E-state index < -0.39 is 0 Å². The summed E-state index contributed by atoms with van der Waals surface area (Å²) in [6.45, 7) is 1.90. The van der Waals surface area contributed by atoms with E-state index in [1.807, 2.05) is 31.3 Å². The number of hydrogen-bond donors (Lipinski definition) is 1. The zero-order chi connectivity index (χ0) is 11.8. The summed E-state index contributed by atoms with van der Waals surface area (Å²) in [7, 11) is 0. The molecule has 1 N–H and O–H groups in total. The lowest BCUT2D eigenvalue weighted by Crippen LogP contribution is -1.85. The fraction of sp³-hybridized carbons (Fsp3) is 0.0714. The molecule has 0 amide bonds. The summed E-state index contributed by atoms with van der Waals surface area (Å²) >= 11 is 0. The SMILES string of the molecule is Cc1nc(-c2ccc(F)c3ccccc23)c[nH]1. The molecular weight excluding hydrogens is 215 g/mol. The molecule has 0 aliphatic heterocycles. The number of rotatable bonds is 1. The van der Waals surface area contributed by atoms with Gasteiger partial charge in [0.25, 0.3) is 0 Å². The summed E-state index contributed by atoms with van der Waals surface area (Å²) < 4.78 is 13.7. The summed E-state index contributed by atoms with van der Waals surface area (Å²) in [5, 5.41) is 1.52. The highest BCUT2D eigenvalue weighted by molar-refractivity contribution is 5.96. The molecule has 84 valence electrons. The van der Waals surface area contributed by atoms with E-state index in [2.05, 4.69) is 9.97 Å². The van der Waals surface area contributed by atoms with Crippen molar-refractivity contribution in [3.05, 3.63) is 54.2 Å². The summed E-state index contributed by atoms with van der Waals surface area (Å²) in [6.07, 6.45) is 1.84. The summed E-state index contributed by atoms with van der Waals surface area (Å²) in [6, 6.07) is 10.7. The second kappa shape index (κ2) is 3.70. The van der Waals surface area contributed by atoms with E-state index in [0.717, 1.165) is 22.5 Å². The third-order valence-electron chi connectivity index (χ3n) is 2.85. The van der Waals surface area contributed by atoms with Gasteiger partial charge in [-0.1, -0.05) is 24.3 Å². The Morgan fingerprint density at radius 1 is 1.06 bits per heavy atom. The van der Waals surface area contributed by atoms with Crippen LogP contribution >= 0.6 is 0 Å². The van der Waals surface area contributed by atoms with E-state index in [1.54, 1.807) is 12.1 Å². The smallest absolute Gasteiger partial charge is 0.131 e. The van der Waals surface area contributed by atoms with Crippen LogP contribution in [0, 0.1) is 12.7 Å². The minimum absolute atomic E-state index is 0.198. The Kier molecular flexibility index (Phi) is 2.18. The van der Waals surface area contributed by atoms with Crippen molar-refractivity contribution in [3.8, 4) is 11.3 Å². The van der Waals surface area contributed by atoms with Gasteiger partial charge in [-0.25, -0.2) is 9.37 Å². The van der Waals surface area contributed by atoms with Crippen LogP contribution in [0.15, 0.2) is 42.6 Å². The highest BCUT2D eigenvalue weighted by Crippen LogP contribution is 2.28. The molecule has 0 atom stereocenters. The predicted octanol–water partition coefficient (Wildman–Crippen LogP) is 3.68. The monoisotopic (exact) mass is 226 g/mol. The van der Waals surface area contributed by atoms with Gasteiger partial charge in [0.15, 0.2) is 0 Å². The normalized spacial score (nSPS) is 10.9. The van der Waals surface area contributed by atoms with Crippen molar-refractivity contribution in [1.29, 1.82) is 0 Å². The van der Waals surface area contributed by atoms with Crippen molar-refractivity contribution in [2.45, 2.75) is 6.92 Å². The molecule has 3 heteroatoms. The predicted molar refractivity (Wildman–Crippen MR) is 66.2 cm³/mol. The number of aryl methyl sites for hydroxylation is 1.